The summed E-state index contributed by atoms with van der Waals surface area (Å²) in [5, 5.41) is 12.7. The van der Waals surface area contributed by atoms with Crippen molar-refractivity contribution in [3.8, 4) is 34.0 Å². The van der Waals surface area contributed by atoms with E-state index in [0.29, 0.717) is 5.56 Å². The Hall–Kier alpha value is -6.37. The van der Waals surface area contributed by atoms with E-state index in [4.69, 9.17) is 0 Å². The molecule has 3 nitrogen and oxygen atoms in total. The maximum absolute atomic E-state index is 10.4. The highest BCUT2D eigenvalue weighted by atomic mass is 15.2. The number of hydrogen-bond donors (Lipinski definition) is 0. The second-order valence-corrected chi connectivity index (χ2v) is 13.3. The van der Waals surface area contributed by atoms with Gasteiger partial charge >= 0.3 is 0 Å². The fourth-order valence-corrected chi connectivity index (χ4v) is 8.04. The molecule has 0 N–H and O–H groups in total. The number of hydrogen-bond acceptors (Lipinski definition) is 2. The Morgan fingerprint density at radius 1 is 0.510 bits per heavy atom. The van der Waals surface area contributed by atoms with Gasteiger partial charge < -0.3 is 9.47 Å². The molecule has 7 aromatic carbocycles. The van der Waals surface area contributed by atoms with Crippen molar-refractivity contribution in [3.05, 3.63) is 180 Å². The normalized spacial score (nSPS) is 13.2. The maximum Gasteiger partial charge on any atom is 0.101 e. The first kappa shape index (κ1) is 28.8. The molecule has 1 aromatic heterocycles. The molecular weight excluding hydrogens is 595 g/mol. The average Bonchev–Trinajstić information content (AvgIpc) is 3.49. The van der Waals surface area contributed by atoms with Crippen LogP contribution in [0.25, 0.3) is 49.7 Å². The van der Waals surface area contributed by atoms with Gasteiger partial charge in [-0.25, -0.2) is 0 Å². The molecule has 0 spiro atoms. The second-order valence-electron chi connectivity index (χ2n) is 13.3. The topological polar surface area (TPSA) is 32.0 Å². The molecule has 49 heavy (non-hydrogen) atoms. The first-order valence-electron chi connectivity index (χ1n) is 16.8. The molecule has 0 fully saturated rings. The van der Waals surface area contributed by atoms with Gasteiger partial charge in [0.15, 0.2) is 0 Å². The van der Waals surface area contributed by atoms with Gasteiger partial charge in [-0.15, -0.1) is 0 Å². The number of para-hydroxylation sites is 5. The molecule has 232 valence electrons. The fraction of sp³-hybridized carbons (Fsp3) is 0.0652. The van der Waals surface area contributed by atoms with Crippen LogP contribution in [0.3, 0.4) is 0 Å². The summed E-state index contributed by atoms with van der Waals surface area (Å²) in [4.78, 5) is 2.40. The van der Waals surface area contributed by atoms with Crippen molar-refractivity contribution in [2.24, 2.45) is 0 Å². The van der Waals surface area contributed by atoms with Gasteiger partial charge in [0.25, 0.3) is 0 Å². The molecule has 3 heteroatoms. The highest BCUT2D eigenvalue weighted by Gasteiger charge is 2.38. The van der Waals surface area contributed by atoms with Crippen molar-refractivity contribution < 1.29 is 0 Å². The van der Waals surface area contributed by atoms with Crippen LogP contribution in [0, 0.1) is 11.3 Å². The molecule has 0 atom stereocenters. The number of nitrogens with zero attached hydrogens (tertiary/aromatic N) is 3. The first-order valence-corrected chi connectivity index (χ1v) is 16.8. The van der Waals surface area contributed by atoms with Crippen LogP contribution in [0.4, 0.5) is 17.1 Å². The van der Waals surface area contributed by atoms with Crippen molar-refractivity contribution >= 4 is 38.9 Å². The van der Waals surface area contributed by atoms with Gasteiger partial charge in [-0.1, -0.05) is 135 Å². The quantitative estimate of drug-likeness (QED) is 0.194. The minimum Gasteiger partial charge on any atom is -0.310 e. The molecule has 1 aliphatic rings. The van der Waals surface area contributed by atoms with Gasteiger partial charge in [-0.3, -0.25) is 0 Å². The van der Waals surface area contributed by atoms with E-state index in [2.05, 4.69) is 181 Å². The number of aromatic nitrogens is 1. The maximum atomic E-state index is 10.4. The highest BCUT2D eigenvalue weighted by Crippen LogP contribution is 2.54. The van der Waals surface area contributed by atoms with Gasteiger partial charge in [0.2, 0.25) is 0 Å². The van der Waals surface area contributed by atoms with Crippen LogP contribution >= 0.6 is 0 Å². The zero-order valence-corrected chi connectivity index (χ0v) is 27.4. The van der Waals surface area contributed by atoms with Crippen LogP contribution in [0.15, 0.2) is 164 Å². The molecule has 8 aromatic rings. The number of anilines is 3. The van der Waals surface area contributed by atoms with Crippen LogP contribution in [-0.4, -0.2) is 4.57 Å². The Balaban J connectivity index is 1.22. The molecule has 0 saturated carbocycles. The zero-order valence-electron chi connectivity index (χ0n) is 27.4. The molecule has 0 bridgehead atoms. The summed E-state index contributed by atoms with van der Waals surface area (Å²) >= 11 is 0. The van der Waals surface area contributed by atoms with E-state index in [1.807, 2.05) is 12.1 Å². The lowest BCUT2D eigenvalue weighted by Crippen LogP contribution is -2.31. The molecule has 9 rings (SSSR count). The van der Waals surface area contributed by atoms with Gasteiger partial charge in [0.05, 0.1) is 33.7 Å². The van der Waals surface area contributed by atoms with Gasteiger partial charge in [0.1, 0.15) is 6.07 Å². The Morgan fingerprint density at radius 3 is 1.76 bits per heavy atom. The predicted octanol–water partition coefficient (Wildman–Crippen LogP) is 12.1. The van der Waals surface area contributed by atoms with E-state index in [0.717, 1.165) is 39.1 Å². The average molecular weight is 628 g/mol. The van der Waals surface area contributed by atoms with Crippen molar-refractivity contribution in [2.75, 3.05) is 4.90 Å². The van der Waals surface area contributed by atoms with Gasteiger partial charge in [0, 0.05) is 27.4 Å². The number of rotatable bonds is 4. The molecule has 2 heterocycles. The van der Waals surface area contributed by atoms with Crippen LogP contribution in [0.2, 0.25) is 0 Å². The third-order valence-corrected chi connectivity index (χ3v) is 10.2. The highest BCUT2D eigenvalue weighted by molar-refractivity contribution is 6.10. The van der Waals surface area contributed by atoms with Crippen molar-refractivity contribution in [2.45, 2.75) is 19.3 Å². The van der Waals surface area contributed by atoms with Crippen LogP contribution in [0.5, 0.6) is 0 Å². The standard InChI is InChI=1S/C46H33N3/c1-46(2)39-21-8-11-24-42(39)48(34-15-4-3-5-16-34)43-25-13-19-35(44(43)46)31-26-28-32(29-27-31)36-20-12-14-33(30-47)45(36)49-40-22-9-6-17-37(40)38-18-7-10-23-41(38)49/h3-29H,1-2H3. The monoisotopic (exact) mass is 627 g/mol. The first-order chi connectivity index (χ1) is 24.1. The predicted molar refractivity (Wildman–Crippen MR) is 203 cm³/mol. The van der Waals surface area contributed by atoms with Crippen molar-refractivity contribution in [1.29, 1.82) is 5.26 Å². The summed E-state index contributed by atoms with van der Waals surface area (Å²) in [5.74, 6) is 0. The lowest BCUT2D eigenvalue weighted by molar-refractivity contribution is 0.633. The lowest BCUT2D eigenvalue weighted by atomic mass is 9.71. The Labute approximate surface area is 286 Å². The fourth-order valence-electron chi connectivity index (χ4n) is 8.04. The molecule has 0 unspecified atom stereocenters. The smallest absolute Gasteiger partial charge is 0.101 e. The number of fused-ring (bicyclic) bond motifs is 5. The third-order valence-electron chi connectivity index (χ3n) is 10.2. The van der Waals surface area contributed by atoms with Gasteiger partial charge in [-0.2, -0.15) is 5.26 Å². The van der Waals surface area contributed by atoms with Crippen LogP contribution in [-0.2, 0) is 5.41 Å². The second kappa shape index (κ2) is 11.1. The number of benzene rings is 7. The Kier molecular flexibility index (Phi) is 6.54. The third kappa shape index (κ3) is 4.35. The van der Waals surface area contributed by atoms with E-state index >= 15 is 0 Å². The largest absolute Gasteiger partial charge is 0.310 e. The summed E-state index contributed by atoms with van der Waals surface area (Å²) in [7, 11) is 0. The Morgan fingerprint density at radius 2 is 1.06 bits per heavy atom. The summed E-state index contributed by atoms with van der Waals surface area (Å²) < 4.78 is 2.26. The molecule has 0 saturated heterocycles. The SMILES string of the molecule is CC1(C)c2ccccc2N(c2ccccc2)c2cccc(-c3ccc(-c4cccc(C#N)c4-n4c5ccccc5c5ccccc54)cc3)c21. The van der Waals surface area contributed by atoms with Crippen molar-refractivity contribution in [1.82, 2.24) is 4.57 Å². The zero-order chi connectivity index (χ0) is 33.1. The summed E-state index contributed by atoms with van der Waals surface area (Å²) in [6.45, 7) is 4.69. The molecular formula is C46H33N3. The van der Waals surface area contributed by atoms with Gasteiger partial charge in [-0.05, 0) is 70.3 Å². The van der Waals surface area contributed by atoms with E-state index in [1.54, 1.807) is 0 Å². The summed E-state index contributed by atoms with van der Waals surface area (Å²) in [5.41, 5.74) is 14.2. The molecule has 0 aliphatic carbocycles. The summed E-state index contributed by atoms with van der Waals surface area (Å²) in [6, 6.07) is 60.5. The lowest BCUT2D eigenvalue weighted by Gasteiger charge is -2.43. The van der Waals surface area contributed by atoms with E-state index in [-0.39, 0.29) is 5.41 Å². The number of nitriles is 1. The Bertz CT molecular complexity index is 2530. The van der Waals surface area contributed by atoms with E-state index in [9.17, 15) is 5.26 Å². The van der Waals surface area contributed by atoms with E-state index < -0.39 is 0 Å². The summed E-state index contributed by atoms with van der Waals surface area (Å²) in [6.07, 6.45) is 0. The molecule has 1 aliphatic heterocycles. The van der Waals surface area contributed by atoms with Crippen molar-refractivity contribution in [3.63, 3.8) is 0 Å². The van der Waals surface area contributed by atoms with Crippen LogP contribution < -0.4 is 4.90 Å². The van der Waals surface area contributed by atoms with Crippen LogP contribution in [0.1, 0.15) is 30.5 Å². The molecule has 0 radical (unpaired) electrons. The van der Waals surface area contributed by atoms with E-state index in [1.165, 1.54) is 38.8 Å². The minimum atomic E-state index is -0.225. The minimum absolute atomic E-state index is 0.225. The molecule has 0 amide bonds.